The fourth-order valence-corrected chi connectivity index (χ4v) is 3.42. The first-order chi connectivity index (χ1) is 15.8. The number of nitrogens with zero attached hydrogens (tertiary/aromatic N) is 2. The van der Waals surface area contributed by atoms with E-state index in [1.807, 2.05) is 0 Å². The quantitative estimate of drug-likeness (QED) is 0.524. The molecule has 1 aliphatic rings. The van der Waals surface area contributed by atoms with Crippen molar-refractivity contribution in [1.82, 2.24) is 10.5 Å². The van der Waals surface area contributed by atoms with Gasteiger partial charge in [0.1, 0.15) is 12.3 Å². The normalized spacial score (nSPS) is 15.2. The zero-order valence-corrected chi connectivity index (χ0v) is 18.8. The summed E-state index contributed by atoms with van der Waals surface area (Å²) in [5.74, 6) is -0.410. The fourth-order valence-electron chi connectivity index (χ4n) is 3.42. The van der Waals surface area contributed by atoms with E-state index in [4.69, 9.17) is 9.26 Å². The summed E-state index contributed by atoms with van der Waals surface area (Å²) >= 11 is 0. The number of benzene rings is 1. The number of aryl methyl sites for hydroxylation is 1. The minimum absolute atomic E-state index is 0.0168. The Labute approximate surface area is 191 Å². The van der Waals surface area contributed by atoms with E-state index in [0.717, 1.165) is 12.8 Å². The Kier molecular flexibility index (Phi) is 8.31. The Morgan fingerprint density at radius 1 is 1.12 bits per heavy atom. The molecule has 10 nitrogen and oxygen atoms in total. The van der Waals surface area contributed by atoms with Crippen molar-refractivity contribution in [1.29, 1.82) is 0 Å². The molecule has 3 rings (SSSR count). The maximum absolute atomic E-state index is 13.0. The number of Topliss-reactive ketones (excluding diaryl/α,β-unsaturated/α-hetero) is 1. The van der Waals surface area contributed by atoms with E-state index in [9.17, 15) is 19.2 Å². The number of nitrogens with one attached hydrogen (secondary N) is 2. The van der Waals surface area contributed by atoms with Gasteiger partial charge in [0.05, 0.1) is 6.10 Å². The van der Waals surface area contributed by atoms with Gasteiger partial charge >= 0.3 is 0 Å². The second kappa shape index (κ2) is 11.4. The first-order valence-corrected chi connectivity index (χ1v) is 10.8. The molecule has 3 amide bonds. The van der Waals surface area contributed by atoms with Crippen LogP contribution in [0.2, 0.25) is 0 Å². The molecule has 2 N–H and O–H groups in total. The molecule has 0 spiro atoms. The van der Waals surface area contributed by atoms with Crippen molar-refractivity contribution < 1.29 is 28.4 Å². The van der Waals surface area contributed by atoms with Gasteiger partial charge in [-0.3, -0.25) is 19.2 Å². The molecule has 0 unspecified atom stereocenters. The molecule has 0 radical (unpaired) electrons. The van der Waals surface area contributed by atoms with Crippen LogP contribution in [0.3, 0.4) is 0 Å². The largest absolute Gasteiger partial charge is 0.376 e. The number of anilines is 2. The summed E-state index contributed by atoms with van der Waals surface area (Å²) in [7, 11) is 0. The first-order valence-electron chi connectivity index (χ1n) is 10.8. The van der Waals surface area contributed by atoms with Crippen LogP contribution in [0.15, 0.2) is 34.9 Å². The number of ketones is 1. The Morgan fingerprint density at radius 3 is 2.48 bits per heavy atom. The Balaban J connectivity index is 1.62. The van der Waals surface area contributed by atoms with Crippen molar-refractivity contribution in [3.63, 3.8) is 0 Å². The lowest BCUT2D eigenvalue weighted by atomic mass is 10.1. The van der Waals surface area contributed by atoms with Crippen LogP contribution in [0, 0.1) is 6.92 Å². The van der Waals surface area contributed by atoms with Crippen molar-refractivity contribution in [2.75, 3.05) is 29.9 Å². The summed E-state index contributed by atoms with van der Waals surface area (Å²) in [5.41, 5.74) is 0.959. The maximum atomic E-state index is 13.0. The molecular weight excluding hydrogens is 428 g/mol. The van der Waals surface area contributed by atoms with E-state index in [1.165, 1.54) is 11.8 Å². The lowest BCUT2D eigenvalue weighted by Gasteiger charge is -2.23. The third-order valence-electron chi connectivity index (χ3n) is 5.20. The number of carbonyl (C=O) groups excluding carboxylic acids is 4. The van der Waals surface area contributed by atoms with Crippen LogP contribution in [0.4, 0.5) is 11.5 Å². The zero-order valence-electron chi connectivity index (χ0n) is 18.8. The molecule has 176 valence electrons. The summed E-state index contributed by atoms with van der Waals surface area (Å²) in [6.07, 6.45) is 1.62. The van der Waals surface area contributed by atoms with Gasteiger partial charge in [0.25, 0.3) is 0 Å². The minimum atomic E-state index is -0.399. The molecule has 1 fully saturated rings. The van der Waals surface area contributed by atoms with Crippen LogP contribution in [-0.4, -0.2) is 54.5 Å². The topological polar surface area (TPSA) is 131 Å². The molecule has 0 aliphatic carbocycles. The fraction of sp³-hybridized carbons (Fsp3) is 0.435. The lowest BCUT2D eigenvalue weighted by Crippen LogP contribution is -2.43. The van der Waals surface area contributed by atoms with Crippen LogP contribution < -0.4 is 15.5 Å². The van der Waals surface area contributed by atoms with Crippen molar-refractivity contribution in [2.45, 2.75) is 45.6 Å². The van der Waals surface area contributed by atoms with Crippen molar-refractivity contribution >= 4 is 35.0 Å². The standard InChI is InChI=1S/C23H28N4O6/c1-15-12-20(26-33-15)25-21(29)9-10-23(31)27(18-7-5-17(6-8-18)16(2)28)14-22(30)24-13-19-4-3-11-32-19/h5-8,12,19H,3-4,9-11,13-14H2,1-2H3,(H,24,30)(H,25,26,29)/t19-/m0/s1. The van der Waals surface area contributed by atoms with E-state index in [0.29, 0.717) is 30.2 Å². The third kappa shape index (κ3) is 7.25. The molecule has 33 heavy (non-hydrogen) atoms. The summed E-state index contributed by atoms with van der Waals surface area (Å²) in [4.78, 5) is 50.5. The molecule has 1 atom stereocenters. The second-order valence-corrected chi connectivity index (χ2v) is 7.89. The van der Waals surface area contributed by atoms with Crippen molar-refractivity contribution in [2.24, 2.45) is 0 Å². The van der Waals surface area contributed by atoms with Crippen LogP contribution in [0.1, 0.15) is 48.7 Å². The highest BCUT2D eigenvalue weighted by Gasteiger charge is 2.22. The molecule has 1 aromatic heterocycles. The summed E-state index contributed by atoms with van der Waals surface area (Å²) in [6, 6.07) is 7.99. The third-order valence-corrected chi connectivity index (χ3v) is 5.20. The minimum Gasteiger partial charge on any atom is -0.376 e. The van der Waals surface area contributed by atoms with Gasteiger partial charge in [-0.05, 0) is 51.0 Å². The monoisotopic (exact) mass is 456 g/mol. The predicted molar refractivity (Wildman–Crippen MR) is 120 cm³/mol. The van der Waals surface area contributed by atoms with Crippen molar-refractivity contribution in [3.8, 4) is 0 Å². The molecule has 2 aromatic rings. The van der Waals surface area contributed by atoms with E-state index in [1.54, 1.807) is 37.3 Å². The van der Waals surface area contributed by atoms with Crippen LogP contribution in [-0.2, 0) is 19.1 Å². The number of hydrogen-bond donors (Lipinski definition) is 2. The maximum Gasteiger partial charge on any atom is 0.240 e. The van der Waals surface area contributed by atoms with E-state index < -0.39 is 11.8 Å². The van der Waals surface area contributed by atoms with Gasteiger partial charge in [0.2, 0.25) is 17.7 Å². The van der Waals surface area contributed by atoms with E-state index >= 15 is 0 Å². The predicted octanol–water partition coefficient (Wildman–Crippen LogP) is 2.23. The molecule has 1 aliphatic heterocycles. The molecule has 2 heterocycles. The highest BCUT2D eigenvalue weighted by Crippen LogP contribution is 2.18. The van der Waals surface area contributed by atoms with Gasteiger partial charge in [0.15, 0.2) is 11.6 Å². The molecule has 10 heteroatoms. The summed E-state index contributed by atoms with van der Waals surface area (Å²) < 4.78 is 10.4. The molecule has 0 saturated carbocycles. The van der Waals surface area contributed by atoms with Gasteiger partial charge in [0, 0.05) is 43.3 Å². The average molecular weight is 456 g/mol. The lowest BCUT2D eigenvalue weighted by molar-refractivity contribution is -0.125. The smallest absolute Gasteiger partial charge is 0.240 e. The number of rotatable bonds is 10. The highest BCUT2D eigenvalue weighted by molar-refractivity contribution is 6.01. The van der Waals surface area contributed by atoms with Crippen LogP contribution in [0.5, 0.6) is 0 Å². The molecule has 1 aromatic carbocycles. The molecule has 0 bridgehead atoms. The second-order valence-electron chi connectivity index (χ2n) is 7.89. The van der Waals surface area contributed by atoms with E-state index in [2.05, 4.69) is 15.8 Å². The number of amides is 3. The number of carbonyl (C=O) groups is 4. The van der Waals surface area contributed by atoms with Gasteiger partial charge in [-0.15, -0.1) is 0 Å². The Hall–Kier alpha value is -3.53. The van der Waals surface area contributed by atoms with Gasteiger partial charge in [-0.25, -0.2) is 0 Å². The zero-order chi connectivity index (χ0) is 23.8. The van der Waals surface area contributed by atoms with Gasteiger partial charge < -0.3 is 24.8 Å². The summed E-state index contributed by atoms with van der Waals surface area (Å²) in [5, 5.41) is 9.05. The number of aromatic nitrogens is 1. The van der Waals surface area contributed by atoms with Crippen LogP contribution in [0.25, 0.3) is 0 Å². The van der Waals surface area contributed by atoms with Crippen molar-refractivity contribution in [3.05, 3.63) is 41.7 Å². The number of ether oxygens (including phenoxy) is 1. The summed E-state index contributed by atoms with van der Waals surface area (Å²) in [6.45, 7) is 4.00. The Morgan fingerprint density at radius 2 is 1.88 bits per heavy atom. The first kappa shape index (κ1) is 24.1. The molecular formula is C23H28N4O6. The molecule has 1 saturated heterocycles. The number of hydrogen-bond acceptors (Lipinski definition) is 7. The van der Waals surface area contributed by atoms with Gasteiger partial charge in [-0.1, -0.05) is 5.16 Å². The van der Waals surface area contributed by atoms with Gasteiger partial charge in [-0.2, -0.15) is 0 Å². The highest BCUT2D eigenvalue weighted by atomic mass is 16.5. The SMILES string of the molecule is CC(=O)c1ccc(N(CC(=O)NC[C@@H]2CCCO2)C(=O)CCC(=O)Nc2cc(C)on2)cc1. The average Bonchev–Trinajstić information content (AvgIpc) is 3.46. The van der Waals surface area contributed by atoms with E-state index in [-0.39, 0.29) is 43.0 Å². The van der Waals surface area contributed by atoms with Crippen LogP contribution >= 0.6 is 0 Å². The Bertz CT molecular complexity index is 995.